The molecule has 5 atom stereocenters. The molecule has 3 heterocycles. The third-order valence-electron chi connectivity index (χ3n) is 10.1. The molecular formula is C44H50N6O6S. The monoisotopic (exact) mass is 790 g/mol. The lowest BCUT2D eigenvalue weighted by atomic mass is 9.79. The van der Waals surface area contributed by atoms with Crippen molar-refractivity contribution in [3.8, 4) is 0 Å². The number of aromatic nitrogens is 2. The molecule has 0 aliphatic carbocycles. The zero-order valence-electron chi connectivity index (χ0n) is 33.2. The molecule has 1 aliphatic rings. The Bertz CT molecular complexity index is 2060. The van der Waals surface area contributed by atoms with Crippen LogP contribution in [0.25, 0.3) is 0 Å². The third-order valence-corrected chi connectivity index (χ3v) is 11.1. The van der Waals surface area contributed by atoms with E-state index in [0.29, 0.717) is 5.01 Å². The van der Waals surface area contributed by atoms with Crippen LogP contribution in [0.3, 0.4) is 0 Å². The quantitative estimate of drug-likeness (QED) is 0.120. The lowest BCUT2D eigenvalue weighted by Gasteiger charge is -2.40. The number of carbonyl (C=O) groups is 4. The van der Waals surface area contributed by atoms with Gasteiger partial charge in [0.1, 0.15) is 40.7 Å². The Kier molecular flexibility index (Phi) is 12.7. The summed E-state index contributed by atoms with van der Waals surface area (Å²) < 4.78 is 13.1. The van der Waals surface area contributed by atoms with Crippen molar-refractivity contribution in [2.75, 3.05) is 0 Å². The maximum Gasteiger partial charge on any atom is 0.273 e. The molecule has 2 aromatic heterocycles. The average Bonchev–Trinajstić information content (AvgIpc) is 3.90. The number of amides is 4. The highest BCUT2D eigenvalue weighted by Gasteiger charge is 2.43. The molecular weight excluding hydrogens is 741 g/mol. The maximum atomic E-state index is 14.8. The average molecular weight is 791 g/mol. The fraction of sp³-hybridized carbons (Fsp3) is 0.364. The van der Waals surface area contributed by atoms with Gasteiger partial charge in [-0.05, 0) is 41.4 Å². The van der Waals surface area contributed by atoms with Crippen LogP contribution in [0.1, 0.15) is 109 Å². The summed E-state index contributed by atoms with van der Waals surface area (Å²) in [5, 5.41) is 14.0. The van der Waals surface area contributed by atoms with E-state index in [1.807, 2.05) is 133 Å². The zero-order chi connectivity index (χ0) is 40.9. The largest absolute Gasteiger partial charge is 0.446 e. The Labute approximate surface area is 337 Å². The van der Waals surface area contributed by atoms with Gasteiger partial charge in [0.25, 0.3) is 11.8 Å². The van der Waals surface area contributed by atoms with Crippen molar-refractivity contribution in [1.29, 1.82) is 0 Å². The first-order valence-corrected chi connectivity index (χ1v) is 20.2. The van der Waals surface area contributed by atoms with E-state index in [9.17, 15) is 19.2 Å². The summed E-state index contributed by atoms with van der Waals surface area (Å²) in [6, 6.07) is 25.5. The van der Waals surface area contributed by atoms with Crippen LogP contribution in [-0.2, 0) is 19.9 Å². The first-order valence-electron chi connectivity index (χ1n) is 19.3. The van der Waals surface area contributed by atoms with Crippen LogP contribution in [-0.4, -0.2) is 51.8 Å². The minimum Gasteiger partial charge on any atom is -0.446 e. The molecule has 57 heavy (non-hydrogen) atoms. The van der Waals surface area contributed by atoms with Gasteiger partial charge in [0.2, 0.25) is 17.7 Å². The van der Waals surface area contributed by atoms with Crippen LogP contribution in [0, 0.1) is 17.8 Å². The van der Waals surface area contributed by atoms with Crippen molar-refractivity contribution in [3.63, 3.8) is 0 Å². The van der Waals surface area contributed by atoms with E-state index in [0.717, 1.165) is 16.7 Å². The number of fused-ring (bicyclic) bond motifs is 4. The summed E-state index contributed by atoms with van der Waals surface area (Å²) >= 11 is 1.23. The Morgan fingerprint density at radius 1 is 0.579 bits per heavy atom. The van der Waals surface area contributed by atoms with Gasteiger partial charge in [-0.2, -0.15) is 0 Å². The second kappa shape index (κ2) is 17.6. The fourth-order valence-corrected chi connectivity index (χ4v) is 8.03. The number of rotatable bonds is 9. The highest BCUT2D eigenvalue weighted by atomic mass is 32.1. The van der Waals surface area contributed by atoms with Gasteiger partial charge in [-0.25, -0.2) is 9.97 Å². The van der Waals surface area contributed by atoms with Crippen molar-refractivity contribution >= 4 is 35.0 Å². The zero-order valence-corrected chi connectivity index (χ0v) is 34.0. The highest BCUT2D eigenvalue weighted by Crippen LogP contribution is 2.42. The van der Waals surface area contributed by atoms with E-state index >= 15 is 0 Å². The van der Waals surface area contributed by atoms with E-state index < -0.39 is 59.5 Å². The SMILES string of the molecule is CC(C)[C@@H]1NC(=O)c2csc(n2)[C@H](C(C)C)NC(=O)c2coc(n2)[C@H](C(C)C)NC(=O)[C@H]([C@@H](C)OC(c2ccccc2)(c2ccccc2)c2ccccc2)NC1=O. The van der Waals surface area contributed by atoms with Crippen LogP contribution in [0.5, 0.6) is 0 Å². The molecule has 0 fully saturated rings. The lowest BCUT2D eigenvalue weighted by Crippen LogP contribution is -2.60. The van der Waals surface area contributed by atoms with Gasteiger partial charge < -0.3 is 30.4 Å². The normalized spacial score (nSPS) is 20.3. The first-order chi connectivity index (χ1) is 27.3. The third kappa shape index (κ3) is 8.84. The molecule has 0 saturated carbocycles. The molecule has 3 aromatic carbocycles. The number of nitrogens with zero attached hydrogens (tertiary/aromatic N) is 2. The molecule has 0 saturated heterocycles. The van der Waals surface area contributed by atoms with Crippen molar-refractivity contribution in [3.05, 3.63) is 142 Å². The van der Waals surface area contributed by atoms with Crippen molar-refractivity contribution < 1.29 is 28.3 Å². The number of ether oxygens (including phenoxy) is 1. The van der Waals surface area contributed by atoms with Gasteiger partial charge in [-0.15, -0.1) is 11.3 Å². The Hall–Kier alpha value is -5.66. The number of hydrogen-bond acceptors (Lipinski definition) is 9. The summed E-state index contributed by atoms with van der Waals surface area (Å²) in [5.41, 5.74) is 1.31. The molecule has 5 aromatic rings. The van der Waals surface area contributed by atoms with Gasteiger partial charge >= 0.3 is 0 Å². The highest BCUT2D eigenvalue weighted by molar-refractivity contribution is 7.09. The molecule has 0 unspecified atom stereocenters. The number of carbonyl (C=O) groups excluding carboxylic acids is 4. The molecule has 12 nitrogen and oxygen atoms in total. The summed E-state index contributed by atoms with van der Waals surface area (Å²) in [5.74, 6) is -2.82. The smallest absolute Gasteiger partial charge is 0.273 e. The van der Waals surface area contributed by atoms with Crippen LogP contribution in [0.2, 0.25) is 0 Å². The number of hydrogen-bond donors (Lipinski definition) is 4. The van der Waals surface area contributed by atoms with E-state index in [1.165, 1.54) is 17.6 Å². The van der Waals surface area contributed by atoms with Crippen LogP contribution >= 0.6 is 11.3 Å². The van der Waals surface area contributed by atoms with Crippen molar-refractivity contribution in [1.82, 2.24) is 31.2 Å². The number of thiazole rings is 1. The number of oxazole rings is 1. The minimum absolute atomic E-state index is 0.0193. The molecule has 13 heteroatoms. The first kappa shape index (κ1) is 41.0. The molecule has 4 bridgehead atoms. The molecule has 0 radical (unpaired) electrons. The summed E-state index contributed by atoms with van der Waals surface area (Å²) in [7, 11) is 0. The van der Waals surface area contributed by atoms with E-state index in [4.69, 9.17) is 9.15 Å². The number of benzene rings is 3. The van der Waals surface area contributed by atoms with Gasteiger partial charge in [0.05, 0.1) is 12.1 Å². The topological polar surface area (TPSA) is 165 Å². The van der Waals surface area contributed by atoms with E-state index in [-0.39, 0.29) is 35.0 Å². The maximum absolute atomic E-state index is 14.8. The van der Waals surface area contributed by atoms with E-state index in [1.54, 1.807) is 12.3 Å². The Morgan fingerprint density at radius 3 is 1.54 bits per heavy atom. The lowest BCUT2D eigenvalue weighted by molar-refractivity contribution is -0.138. The fourth-order valence-electron chi connectivity index (χ4n) is 7.01. The van der Waals surface area contributed by atoms with E-state index in [2.05, 4.69) is 31.2 Å². The summed E-state index contributed by atoms with van der Waals surface area (Å²) in [6.45, 7) is 13.0. The van der Waals surface area contributed by atoms with Crippen LogP contribution in [0.4, 0.5) is 0 Å². The van der Waals surface area contributed by atoms with Crippen molar-refractivity contribution in [2.24, 2.45) is 17.8 Å². The molecule has 4 N–H and O–H groups in total. The molecule has 6 rings (SSSR count). The number of nitrogens with one attached hydrogen (secondary N) is 4. The van der Waals surface area contributed by atoms with Crippen LogP contribution in [0.15, 0.2) is 107 Å². The Morgan fingerprint density at radius 2 is 1.04 bits per heavy atom. The predicted molar refractivity (Wildman–Crippen MR) is 217 cm³/mol. The summed E-state index contributed by atoms with van der Waals surface area (Å²) in [4.78, 5) is 65.6. The molecule has 4 amide bonds. The van der Waals surface area contributed by atoms with Gasteiger partial charge in [-0.1, -0.05) is 133 Å². The standard InChI is InChI=1S/C44H50N6O6S/c1-25(2)34-40(53)50-37(28(7)56-44(29-17-11-8-12-18-29,30-19-13-9-14-20-30)31-21-15-10-16-22-31)41(54)48-35(26(3)4)42-45-32(23-55-42)38(51)49-36(27(5)6)43-46-33(24-57-43)39(52)47-34/h8-28,34-37H,1-7H3,(H,47,52)(H,48,54)(H,49,51)(H,50,53)/t28-,34+,35+,36+,37+/m1/s1. The molecule has 0 spiro atoms. The Balaban J connectivity index is 1.46. The molecule has 1 aliphatic heterocycles. The minimum atomic E-state index is -1.30. The van der Waals surface area contributed by atoms with Gasteiger partial charge in [0.15, 0.2) is 5.69 Å². The summed E-state index contributed by atoms with van der Waals surface area (Å²) in [6.07, 6.45) is 0.265. The second-order valence-electron chi connectivity index (χ2n) is 15.4. The van der Waals surface area contributed by atoms with Gasteiger partial charge in [0, 0.05) is 5.38 Å². The van der Waals surface area contributed by atoms with Crippen LogP contribution < -0.4 is 21.3 Å². The molecule has 298 valence electrons. The van der Waals surface area contributed by atoms with Gasteiger partial charge in [-0.3, -0.25) is 19.2 Å². The van der Waals surface area contributed by atoms with Crippen molar-refractivity contribution in [2.45, 2.75) is 84.3 Å². The predicted octanol–water partition coefficient (Wildman–Crippen LogP) is 6.72. The second-order valence-corrected chi connectivity index (χ2v) is 16.2.